The standard InChI is InChI=1S/C32H33O4PSi/c1-33-22-35-29-20-18-24-12-8-10-16-27(24)31(29)37(38(3,4)26-14-6-5-7-15-26)32-28-17-11-9-13-25(28)19-21-30(32)36-23-34-2/h5-21H,22-23H2,1-4H3. The average molecular weight is 541 g/mol. The molecule has 0 heterocycles. The van der Waals surface area contributed by atoms with Crippen molar-refractivity contribution in [2.75, 3.05) is 27.8 Å². The molecule has 194 valence electrons. The average Bonchev–Trinajstić information content (AvgIpc) is 2.96. The van der Waals surface area contributed by atoms with E-state index < -0.39 is 15.2 Å². The first-order valence-electron chi connectivity index (χ1n) is 12.7. The van der Waals surface area contributed by atoms with Gasteiger partial charge in [0.1, 0.15) is 19.2 Å². The Balaban J connectivity index is 1.91. The van der Waals surface area contributed by atoms with Gasteiger partial charge >= 0.3 is 0 Å². The monoisotopic (exact) mass is 540 g/mol. The van der Waals surface area contributed by atoms with E-state index in [0.717, 1.165) is 11.5 Å². The predicted octanol–water partition coefficient (Wildman–Crippen LogP) is 6.50. The summed E-state index contributed by atoms with van der Waals surface area (Å²) in [6.45, 7) is 5.31. The van der Waals surface area contributed by atoms with Crippen molar-refractivity contribution in [3.63, 3.8) is 0 Å². The molecular weight excluding hydrogens is 507 g/mol. The molecule has 0 amide bonds. The molecule has 0 unspecified atom stereocenters. The number of rotatable bonds is 10. The van der Waals surface area contributed by atoms with Crippen molar-refractivity contribution >= 4 is 52.6 Å². The van der Waals surface area contributed by atoms with E-state index in [1.54, 1.807) is 14.2 Å². The molecule has 0 saturated carbocycles. The summed E-state index contributed by atoms with van der Waals surface area (Å²) < 4.78 is 23.4. The van der Waals surface area contributed by atoms with E-state index in [1.807, 2.05) is 0 Å². The molecular formula is C32H33O4PSi. The van der Waals surface area contributed by atoms with Gasteiger partial charge in [-0.15, -0.1) is 0 Å². The van der Waals surface area contributed by atoms with E-state index in [9.17, 15) is 0 Å². The number of benzene rings is 5. The Morgan fingerprint density at radius 1 is 0.553 bits per heavy atom. The van der Waals surface area contributed by atoms with Gasteiger partial charge in [-0.1, -0.05) is 109 Å². The van der Waals surface area contributed by atoms with Crippen LogP contribution in [-0.2, 0) is 9.47 Å². The Kier molecular flexibility index (Phi) is 8.11. The third kappa shape index (κ3) is 5.08. The van der Waals surface area contributed by atoms with Crippen molar-refractivity contribution in [2.45, 2.75) is 13.1 Å². The molecule has 0 aliphatic carbocycles. The Bertz CT molecular complexity index is 1450. The molecule has 0 radical (unpaired) electrons. The molecule has 0 saturated heterocycles. The molecule has 5 rings (SSSR count). The largest absolute Gasteiger partial charge is 0.467 e. The Labute approximate surface area is 226 Å². The lowest BCUT2D eigenvalue weighted by atomic mass is 10.1. The third-order valence-electron chi connectivity index (χ3n) is 6.88. The second-order valence-electron chi connectivity index (χ2n) is 9.63. The van der Waals surface area contributed by atoms with Crippen LogP contribution in [0.3, 0.4) is 0 Å². The number of fused-ring (bicyclic) bond motifs is 2. The minimum Gasteiger partial charge on any atom is -0.467 e. The zero-order valence-corrected chi connectivity index (χ0v) is 24.2. The van der Waals surface area contributed by atoms with Crippen molar-refractivity contribution in [2.24, 2.45) is 0 Å². The van der Waals surface area contributed by atoms with Gasteiger partial charge in [-0.25, -0.2) is 0 Å². The molecule has 0 spiro atoms. The van der Waals surface area contributed by atoms with Crippen LogP contribution >= 0.6 is 7.47 Å². The van der Waals surface area contributed by atoms with Crippen LogP contribution in [0, 0.1) is 0 Å². The quantitative estimate of drug-likeness (QED) is 0.115. The maximum absolute atomic E-state index is 6.31. The third-order valence-corrected chi connectivity index (χ3v) is 17.0. The summed E-state index contributed by atoms with van der Waals surface area (Å²) in [6, 6.07) is 36.6. The van der Waals surface area contributed by atoms with Crippen LogP contribution in [0.25, 0.3) is 21.5 Å². The van der Waals surface area contributed by atoms with Gasteiger partial charge in [0.15, 0.2) is 13.6 Å². The fourth-order valence-electron chi connectivity index (χ4n) is 5.06. The molecule has 0 atom stereocenters. The van der Waals surface area contributed by atoms with E-state index in [1.165, 1.54) is 37.3 Å². The molecule has 5 aromatic rings. The minimum absolute atomic E-state index is 0.185. The number of hydrogen-bond acceptors (Lipinski definition) is 4. The Morgan fingerprint density at radius 3 is 1.47 bits per heavy atom. The van der Waals surface area contributed by atoms with Crippen LogP contribution in [0.5, 0.6) is 11.5 Å². The summed E-state index contributed by atoms with van der Waals surface area (Å²) in [5.74, 6) is 1.72. The lowest BCUT2D eigenvalue weighted by Gasteiger charge is -2.37. The summed E-state index contributed by atoms with van der Waals surface area (Å²) in [5.41, 5.74) is 0. The van der Waals surface area contributed by atoms with Crippen LogP contribution in [0.1, 0.15) is 0 Å². The maximum atomic E-state index is 6.31. The number of hydrogen-bond donors (Lipinski definition) is 0. The predicted molar refractivity (Wildman–Crippen MR) is 163 cm³/mol. The van der Waals surface area contributed by atoms with Crippen LogP contribution < -0.4 is 25.3 Å². The zero-order chi connectivity index (χ0) is 26.5. The first kappa shape index (κ1) is 26.4. The maximum Gasteiger partial charge on any atom is 0.188 e. The first-order valence-corrected chi connectivity index (χ1v) is 17.9. The highest BCUT2D eigenvalue weighted by Crippen LogP contribution is 2.52. The highest BCUT2D eigenvalue weighted by Gasteiger charge is 2.41. The molecule has 0 bridgehead atoms. The van der Waals surface area contributed by atoms with Crippen molar-refractivity contribution in [1.29, 1.82) is 0 Å². The smallest absolute Gasteiger partial charge is 0.188 e. The molecule has 0 aromatic heterocycles. The molecule has 4 nitrogen and oxygen atoms in total. The molecule has 0 aliphatic heterocycles. The fraction of sp³-hybridized carbons (Fsp3) is 0.188. The SMILES string of the molecule is COCOc1ccc2ccccc2c1P(c1c(OCOC)ccc2ccccc12)[Si](C)(C)c1ccccc1. The molecule has 38 heavy (non-hydrogen) atoms. The topological polar surface area (TPSA) is 36.9 Å². The summed E-state index contributed by atoms with van der Waals surface area (Å²) >= 11 is 0. The van der Waals surface area contributed by atoms with Crippen molar-refractivity contribution in [3.05, 3.63) is 103 Å². The second kappa shape index (κ2) is 11.7. The van der Waals surface area contributed by atoms with Gasteiger partial charge in [0, 0.05) is 24.8 Å². The summed E-state index contributed by atoms with van der Waals surface area (Å²) in [5, 5.41) is 8.64. The molecule has 0 aliphatic rings. The lowest BCUT2D eigenvalue weighted by molar-refractivity contribution is 0.0519. The van der Waals surface area contributed by atoms with Crippen LogP contribution in [-0.4, -0.2) is 35.5 Å². The van der Waals surface area contributed by atoms with Gasteiger partial charge in [-0.2, -0.15) is 0 Å². The highest BCUT2D eigenvalue weighted by molar-refractivity contribution is 8.07. The summed E-state index contributed by atoms with van der Waals surface area (Å²) in [6.07, 6.45) is 0. The van der Waals surface area contributed by atoms with E-state index in [-0.39, 0.29) is 13.6 Å². The van der Waals surface area contributed by atoms with Crippen LogP contribution in [0.4, 0.5) is 0 Å². The fourth-order valence-corrected chi connectivity index (χ4v) is 15.2. The molecule has 0 N–H and O–H groups in total. The van der Waals surface area contributed by atoms with E-state index in [2.05, 4.69) is 116 Å². The van der Waals surface area contributed by atoms with Crippen molar-refractivity contribution in [3.8, 4) is 11.5 Å². The highest BCUT2D eigenvalue weighted by atomic mass is 31.4. The van der Waals surface area contributed by atoms with Gasteiger partial charge in [-0.05, 0) is 41.1 Å². The minimum atomic E-state index is -2.24. The summed E-state index contributed by atoms with van der Waals surface area (Å²) in [4.78, 5) is 0. The van der Waals surface area contributed by atoms with Crippen LogP contribution in [0.15, 0.2) is 103 Å². The van der Waals surface area contributed by atoms with E-state index in [0.29, 0.717) is 0 Å². The lowest BCUT2D eigenvalue weighted by Crippen LogP contribution is -2.46. The van der Waals surface area contributed by atoms with Gasteiger partial charge in [0.2, 0.25) is 0 Å². The van der Waals surface area contributed by atoms with E-state index in [4.69, 9.17) is 18.9 Å². The summed E-state index contributed by atoms with van der Waals surface area (Å²) in [7, 11) is 0.111. The van der Waals surface area contributed by atoms with Gasteiger partial charge in [-0.3, -0.25) is 0 Å². The van der Waals surface area contributed by atoms with Gasteiger partial charge < -0.3 is 18.9 Å². The van der Waals surface area contributed by atoms with Crippen molar-refractivity contribution < 1.29 is 18.9 Å². The number of methoxy groups -OCH3 is 2. The van der Waals surface area contributed by atoms with Crippen molar-refractivity contribution in [1.82, 2.24) is 0 Å². The Morgan fingerprint density at radius 2 is 1.00 bits per heavy atom. The molecule has 6 heteroatoms. The van der Waals surface area contributed by atoms with Gasteiger partial charge in [0.05, 0.1) is 0 Å². The Hall–Kier alpha value is -3.21. The van der Waals surface area contributed by atoms with Gasteiger partial charge in [0.25, 0.3) is 0 Å². The van der Waals surface area contributed by atoms with E-state index >= 15 is 0 Å². The zero-order valence-electron chi connectivity index (χ0n) is 22.3. The second-order valence-corrected chi connectivity index (χ2v) is 19.6. The number of ether oxygens (including phenoxy) is 4. The molecule has 0 fully saturated rings. The normalized spacial score (nSPS) is 11.8. The van der Waals surface area contributed by atoms with Crippen LogP contribution in [0.2, 0.25) is 13.1 Å². The molecule has 5 aromatic carbocycles. The first-order chi connectivity index (χ1) is 18.6.